The molecule has 5 nitrogen and oxygen atoms in total. The molecule has 1 aromatic rings. The fraction of sp³-hybridized carbons (Fsp3) is 0.533. The van der Waals surface area contributed by atoms with E-state index < -0.39 is 10.0 Å². The predicted molar refractivity (Wildman–Crippen MR) is 82.4 cm³/mol. The predicted octanol–water partition coefficient (Wildman–Crippen LogP) is 1.32. The molecule has 21 heavy (non-hydrogen) atoms. The number of hydrogen-bond acceptors (Lipinski definition) is 3. The highest BCUT2D eigenvalue weighted by Gasteiger charge is 2.43. The molecule has 0 aromatic heterocycles. The molecule has 0 unspecified atom stereocenters. The SMILES string of the molecule is CC(C)c1ccc([C@H]2C[C@H]2C(=O)NCCS(N)(=O)=O)cc1. The summed E-state index contributed by atoms with van der Waals surface area (Å²) in [5, 5.41) is 7.52. The number of nitrogens with two attached hydrogens (primary N) is 1. The smallest absolute Gasteiger partial charge is 0.223 e. The Labute approximate surface area is 126 Å². The maximum absolute atomic E-state index is 11.9. The molecule has 2 rings (SSSR count). The fourth-order valence-electron chi connectivity index (χ4n) is 2.43. The lowest BCUT2D eigenvalue weighted by Gasteiger charge is -2.07. The number of nitrogens with one attached hydrogen (secondary N) is 1. The average Bonchev–Trinajstić information content (AvgIpc) is 3.17. The molecule has 3 N–H and O–H groups in total. The van der Waals surface area contributed by atoms with E-state index in [-0.39, 0.29) is 30.0 Å². The molecule has 116 valence electrons. The highest BCUT2D eigenvalue weighted by Crippen LogP contribution is 2.47. The molecule has 0 saturated heterocycles. The van der Waals surface area contributed by atoms with Crippen LogP contribution in [0.2, 0.25) is 0 Å². The summed E-state index contributed by atoms with van der Waals surface area (Å²) in [5.41, 5.74) is 2.46. The molecule has 1 amide bonds. The van der Waals surface area contributed by atoms with E-state index in [0.29, 0.717) is 5.92 Å². The van der Waals surface area contributed by atoms with Crippen LogP contribution in [0.25, 0.3) is 0 Å². The highest BCUT2D eigenvalue weighted by molar-refractivity contribution is 7.89. The minimum Gasteiger partial charge on any atom is -0.355 e. The number of sulfonamides is 1. The molecule has 2 atom stereocenters. The number of primary sulfonamides is 1. The fourth-order valence-corrected chi connectivity index (χ4v) is 2.82. The zero-order valence-corrected chi connectivity index (χ0v) is 13.2. The Kier molecular flexibility index (Phi) is 4.68. The van der Waals surface area contributed by atoms with Crippen molar-refractivity contribution in [3.63, 3.8) is 0 Å². The van der Waals surface area contributed by atoms with Gasteiger partial charge in [-0.25, -0.2) is 13.6 Å². The summed E-state index contributed by atoms with van der Waals surface area (Å²) in [6.45, 7) is 4.37. The second kappa shape index (κ2) is 6.15. The largest absolute Gasteiger partial charge is 0.355 e. The van der Waals surface area contributed by atoms with E-state index in [0.717, 1.165) is 6.42 Å². The van der Waals surface area contributed by atoms with Crippen molar-refractivity contribution in [3.8, 4) is 0 Å². The number of amides is 1. The van der Waals surface area contributed by atoms with Crippen molar-refractivity contribution in [2.75, 3.05) is 12.3 Å². The second-order valence-corrected chi connectivity index (χ2v) is 7.66. The van der Waals surface area contributed by atoms with Crippen LogP contribution in [0.1, 0.15) is 43.2 Å². The van der Waals surface area contributed by atoms with Crippen LogP contribution in [0.4, 0.5) is 0 Å². The minimum atomic E-state index is -3.52. The number of hydrogen-bond donors (Lipinski definition) is 2. The highest BCUT2D eigenvalue weighted by atomic mass is 32.2. The third-order valence-corrected chi connectivity index (χ3v) is 4.62. The van der Waals surface area contributed by atoms with E-state index in [4.69, 9.17) is 5.14 Å². The van der Waals surface area contributed by atoms with Gasteiger partial charge in [-0.2, -0.15) is 0 Å². The summed E-state index contributed by atoms with van der Waals surface area (Å²) in [6, 6.07) is 8.37. The summed E-state index contributed by atoms with van der Waals surface area (Å²) in [7, 11) is -3.52. The van der Waals surface area contributed by atoms with Gasteiger partial charge < -0.3 is 5.32 Å². The van der Waals surface area contributed by atoms with Crippen molar-refractivity contribution in [1.82, 2.24) is 5.32 Å². The number of rotatable bonds is 6. The van der Waals surface area contributed by atoms with Gasteiger partial charge in [0.2, 0.25) is 15.9 Å². The second-order valence-electron chi connectivity index (χ2n) is 5.93. The number of carbonyl (C=O) groups excluding carboxylic acids is 1. The Bertz CT molecular complexity index is 608. The van der Waals surface area contributed by atoms with Crippen molar-refractivity contribution in [3.05, 3.63) is 35.4 Å². The van der Waals surface area contributed by atoms with Crippen molar-refractivity contribution in [2.24, 2.45) is 11.1 Å². The molecule has 1 aromatic carbocycles. The molecule has 6 heteroatoms. The summed E-state index contributed by atoms with van der Waals surface area (Å²) >= 11 is 0. The summed E-state index contributed by atoms with van der Waals surface area (Å²) in [5.74, 6) is 0.391. The average molecular weight is 310 g/mol. The van der Waals surface area contributed by atoms with Gasteiger partial charge in [0.1, 0.15) is 0 Å². The molecule has 1 aliphatic carbocycles. The Balaban J connectivity index is 1.85. The molecule has 0 heterocycles. The van der Waals surface area contributed by atoms with Crippen molar-refractivity contribution in [1.29, 1.82) is 0 Å². The first-order valence-corrected chi connectivity index (χ1v) is 8.87. The van der Waals surface area contributed by atoms with E-state index in [2.05, 4.69) is 43.4 Å². The number of carbonyl (C=O) groups is 1. The molecule has 1 saturated carbocycles. The van der Waals surface area contributed by atoms with Crippen molar-refractivity contribution < 1.29 is 13.2 Å². The molecule has 0 spiro atoms. The van der Waals surface area contributed by atoms with Gasteiger partial charge in [-0.1, -0.05) is 38.1 Å². The van der Waals surface area contributed by atoms with Crippen LogP contribution in [-0.2, 0) is 14.8 Å². The minimum absolute atomic E-state index is 0.0459. The van der Waals surface area contributed by atoms with Crippen LogP contribution < -0.4 is 10.5 Å². The monoisotopic (exact) mass is 310 g/mol. The van der Waals surface area contributed by atoms with Gasteiger partial charge in [0.05, 0.1) is 5.75 Å². The summed E-state index contributed by atoms with van der Waals surface area (Å²) in [6.07, 6.45) is 0.822. The topological polar surface area (TPSA) is 89.3 Å². The lowest BCUT2D eigenvalue weighted by atomic mass is 10.00. The molecule has 0 radical (unpaired) electrons. The Morgan fingerprint density at radius 1 is 1.33 bits per heavy atom. The maximum Gasteiger partial charge on any atom is 0.223 e. The summed E-state index contributed by atoms with van der Waals surface area (Å²) < 4.78 is 21.6. The zero-order valence-electron chi connectivity index (χ0n) is 12.4. The van der Waals surface area contributed by atoms with Gasteiger partial charge in [-0.3, -0.25) is 4.79 Å². The van der Waals surface area contributed by atoms with E-state index >= 15 is 0 Å². The zero-order chi connectivity index (χ0) is 15.6. The lowest BCUT2D eigenvalue weighted by molar-refractivity contribution is -0.122. The quantitative estimate of drug-likeness (QED) is 0.830. The lowest BCUT2D eigenvalue weighted by Crippen LogP contribution is -2.32. The third kappa shape index (κ3) is 4.54. The Morgan fingerprint density at radius 2 is 1.95 bits per heavy atom. The van der Waals surface area contributed by atoms with E-state index in [1.165, 1.54) is 11.1 Å². The Morgan fingerprint density at radius 3 is 2.48 bits per heavy atom. The Hall–Kier alpha value is -1.40. The normalized spacial score (nSPS) is 21.3. The number of benzene rings is 1. The first-order chi connectivity index (χ1) is 9.78. The third-order valence-electron chi connectivity index (χ3n) is 3.84. The van der Waals surface area contributed by atoms with Gasteiger partial charge in [0, 0.05) is 12.5 Å². The molecular formula is C15H22N2O3S. The van der Waals surface area contributed by atoms with Crippen LogP contribution in [0.3, 0.4) is 0 Å². The van der Waals surface area contributed by atoms with E-state index in [9.17, 15) is 13.2 Å². The van der Waals surface area contributed by atoms with Crippen molar-refractivity contribution >= 4 is 15.9 Å². The van der Waals surface area contributed by atoms with Gasteiger partial charge >= 0.3 is 0 Å². The molecule has 1 fully saturated rings. The van der Waals surface area contributed by atoms with Crippen LogP contribution in [0.15, 0.2) is 24.3 Å². The van der Waals surface area contributed by atoms with Crippen LogP contribution in [-0.4, -0.2) is 26.6 Å². The first kappa shape index (κ1) is 16.0. The van der Waals surface area contributed by atoms with Crippen LogP contribution in [0.5, 0.6) is 0 Å². The van der Waals surface area contributed by atoms with Gasteiger partial charge in [-0.15, -0.1) is 0 Å². The molecule has 1 aliphatic rings. The van der Waals surface area contributed by atoms with Crippen molar-refractivity contribution in [2.45, 2.75) is 32.1 Å². The van der Waals surface area contributed by atoms with Gasteiger partial charge in [-0.05, 0) is 29.4 Å². The molecule has 0 bridgehead atoms. The maximum atomic E-state index is 11.9. The molecular weight excluding hydrogens is 288 g/mol. The van der Waals surface area contributed by atoms with E-state index in [1.807, 2.05) is 0 Å². The molecule has 0 aliphatic heterocycles. The van der Waals surface area contributed by atoms with Gasteiger partial charge in [0.15, 0.2) is 0 Å². The van der Waals surface area contributed by atoms with Crippen LogP contribution >= 0.6 is 0 Å². The first-order valence-electron chi connectivity index (χ1n) is 7.16. The summed E-state index contributed by atoms with van der Waals surface area (Å²) in [4.78, 5) is 11.9. The standard InChI is InChI=1S/C15H22N2O3S/c1-10(2)11-3-5-12(6-4-11)13-9-14(13)15(18)17-7-8-21(16,19)20/h3-6,10,13-14H,7-9H2,1-2H3,(H,17,18)(H2,16,19,20)/t13-,14-/m1/s1. The van der Waals surface area contributed by atoms with Crippen LogP contribution in [0, 0.1) is 5.92 Å². The van der Waals surface area contributed by atoms with E-state index in [1.54, 1.807) is 0 Å². The van der Waals surface area contributed by atoms with Gasteiger partial charge in [0.25, 0.3) is 0 Å².